The summed E-state index contributed by atoms with van der Waals surface area (Å²) in [6, 6.07) is 18.5. The van der Waals surface area contributed by atoms with Gasteiger partial charge in [-0.3, -0.25) is 0 Å². The number of pyridine rings is 1. The molecule has 1 N–H and O–H groups in total. The number of fused-ring (bicyclic) bond motifs is 1. The van der Waals surface area contributed by atoms with E-state index < -0.39 is 17.5 Å². The van der Waals surface area contributed by atoms with E-state index in [9.17, 15) is 18.3 Å². The lowest BCUT2D eigenvalue weighted by atomic mass is 9.94. The zero-order valence-corrected chi connectivity index (χ0v) is 15.9. The Morgan fingerprint density at radius 2 is 1.72 bits per heavy atom. The normalized spacial score (nSPS) is 14.1. The molecule has 148 valence electrons. The molecule has 0 aliphatic heterocycles. The lowest BCUT2D eigenvalue weighted by Gasteiger charge is -2.30. The van der Waals surface area contributed by atoms with Crippen molar-refractivity contribution in [2.75, 3.05) is 5.75 Å². The maximum atomic E-state index is 13.9. The number of hydrogen-bond donors (Lipinski definition) is 1. The van der Waals surface area contributed by atoms with Crippen molar-refractivity contribution >= 4 is 22.7 Å². The van der Waals surface area contributed by atoms with E-state index in [-0.39, 0.29) is 5.56 Å². The van der Waals surface area contributed by atoms with E-state index in [4.69, 9.17) is 0 Å². The highest BCUT2D eigenvalue weighted by Gasteiger charge is 2.55. The van der Waals surface area contributed by atoms with Crippen LogP contribution in [-0.2, 0) is 5.60 Å². The van der Waals surface area contributed by atoms with Crippen LogP contribution in [0.2, 0.25) is 0 Å². The van der Waals surface area contributed by atoms with Crippen molar-refractivity contribution in [3.63, 3.8) is 0 Å². The van der Waals surface area contributed by atoms with Crippen molar-refractivity contribution < 1.29 is 18.3 Å². The van der Waals surface area contributed by atoms with Gasteiger partial charge in [0.25, 0.3) is 0 Å². The van der Waals surface area contributed by atoms with Gasteiger partial charge in [0.05, 0.1) is 22.4 Å². The maximum absolute atomic E-state index is 13.9. The van der Waals surface area contributed by atoms with Crippen LogP contribution in [0, 0.1) is 0 Å². The maximum Gasteiger partial charge on any atom is 0.422 e. The summed E-state index contributed by atoms with van der Waals surface area (Å²) in [5, 5.41) is 15.9. The van der Waals surface area contributed by atoms with Gasteiger partial charge in [0.1, 0.15) is 0 Å². The van der Waals surface area contributed by atoms with E-state index in [0.29, 0.717) is 15.9 Å². The highest BCUT2D eigenvalue weighted by Crippen LogP contribution is 2.43. The Morgan fingerprint density at radius 3 is 2.41 bits per heavy atom. The first-order chi connectivity index (χ1) is 13.9. The summed E-state index contributed by atoms with van der Waals surface area (Å²) < 4.78 is 43.2. The molecule has 8 heteroatoms. The average Bonchev–Trinajstić information content (AvgIpc) is 3.16. The van der Waals surface area contributed by atoms with E-state index >= 15 is 0 Å². The van der Waals surface area contributed by atoms with Gasteiger partial charge < -0.3 is 5.11 Å². The van der Waals surface area contributed by atoms with Crippen LogP contribution >= 0.6 is 11.8 Å². The lowest BCUT2D eigenvalue weighted by molar-refractivity contribution is -0.256. The molecular weight excluding hydrogens is 399 g/mol. The second-order valence-electron chi connectivity index (χ2n) is 6.48. The predicted molar refractivity (Wildman–Crippen MR) is 106 cm³/mol. The van der Waals surface area contributed by atoms with Crippen molar-refractivity contribution in [3.05, 3.63) is 84.7 Å². The monoisotopic (exact) mass is 415 g/mol. The standard InChI is InChI=1S/C21H16F3N3OS/c22-21(23,24)20(28,14-29-19-8-4-5-11-25-19)16-9-10-18-15(12-16)13-26-27(18)17-6-2-1-3-7-17/h1-13,28H,14H2. The van der Waals surface area contributed by atoms with Crippen LogP contribution in [0.15, 0.2) is 84.1 Å². The first kappa shape index (κ1) is 19.5. The minimum absolute atomic E-state index is 0.228. The van der Waals surface area contributed by atoms with Gasteiger partial charge in [0.15, 0.2) is 5.60 Å². The number of para-hydroxylation sites is 1. The fraction of sp³-hybridized carbons (Fsp3) is 0.143. The van der Waals surface area contributed by atoms with Gasteiger partial charge in [-0.2, -0.15) is 18.3 Å². The Morgan fingerprint density at radius 1 is 0.966 bits per heavy atom. The van der Waals surface area contributed by atoms with Gasteiger partial charge in [-0.05, 0) is 42.0 Å². The Balaban J connectivity index is 1.71. The summed E-state index contributed by atoms with van der Waals surface area (Å²) in [6.45, 7) is 0. The number of halogens is 3. The SMILES string of the molecule is OC(CSc1ccccn1)(c1ccc2c(cnn2-c2ccccc2)c1)C(F)(F)F. The minimum Gasteiger partial charge on any atom is -0.376 e. The Hall–Kier alpha value is -2.84. The summed E-state index contributed by atoms with van der Waals surface area (Å²) in [4.78, 5) is 4.02. The third-order valence-electron chi connectivity index (χ3n) is 4.58. The molecule has 0 radical (unpaired) electrons. The van der Waals surface area contributed by atoms with E-state index in [1.165, 1.54) is 24.5 Å². The molecule has 4 aromatic rings. The molecule has 1 atom stereocenters. The van der Waals surface area contributed by atoms with Crippen LogP contribution in [0.5, 0.6) is 0 Å². The number of thioether (sulfide) groups is 1. The van der Waals surface area contributed by atoms with Crippen molar-refractivity contribution in [1.29, 1.82) is 0 Å². The summed E-state index contributed by atoms with van der Waals surface area (Å²) in [5.41, 5.74) is -1.79. The summed E-state index contributed by atoms with van der Waals surface area (Å²) in [7, 11) is 0. The lowest BCUT2D eigenvalue weighted by Crippen LogP contribution is -2.44. The van der Waals surface area contributed by atoms with Crippen molar-refractivity contribution in [2.24, 2.45) is 0 Å². The van der Waals surface area contributed by atoms with Crippen LogP contribution in [0.25, 0.3) is 16.6 Å². The van der Waals surface area contributed by atoms with E-state index in [1.807, 2.05) is 30.3 Å². The molecule has 0 aliphatic rings. The van der Waals surface area contributed by atoms with Crippen molar-refractivity contribution in [1.82, 2.24) is 14.8 Å². The molecule has 0 saturated heterocycles. The molecule has 0 aliphatic carbocycles. The third-order valence-corrected chi connectivity index (χ3v) is 5.68. The molecule has 2 heterocycles. The minimum atomic E-state index is -4.85. The van der Waals surface area contributed by atoms with Gasteiger partial charge in [-0.15, -0.1) is 11.8 Å². The Labute approximate surface area is 169 Å². The fourth-order valence-electron chi connectivity index (χ4n) is 3.00. The molecule has 4 nitrogen and oxygen atoms in total. The molecule has 4 rings (SSSR count). The highest BCUT2D eigenvalue weighted by atomic mass is 32.2. The summed E-state index contributed by atoms with van der Waals surface area (Å²) in [6.07, 6.45) is -1.86. The summed E-state index contributed by atoms with van der Waals surface area (Å²) in [5.74, 6) is -0.605. The molecule has 0 bridgehead atoms. The number of aliphatic hydroxyl groups is 1. The molecule has 0 saturated carbocycles. The van der Waals surface area contributed by atoms with Gasteiger partial charge in [-0.25, -0.2) is 9.67 Å². The first-order valence-corrected chi connectivity index (χ1v) is 9.74. The van der Waals surface area contributed by atoms with E-state index in [2.05, 4.69) is 10.1 Å². The second kappa shape index (κ2) is 7.53. The predicted octanol–water partition coefficient (Wildman–Crippen LogP) is 4.96. The number of hydrogen-bond acceptors (Lipinski definition) is 4. The molecule has 2 aromatic carbocycles. The first-order valence-electron chi connectivity index (χ1n) is 8.75. The third kappa shape index (κ3) is 3.73. The fourth-order valence-corrected chi connectivity index (χ4v) is 4.00. The Bertz CT molecular complexity index is 1120. The second-order valence-corrected chi connectivity index (χ2v) is 7.48. The van der Waals surface area contributed by atoms with Crippen molar-refractivity contribution in [2.45, 2.75) is 16.8 Å². The smallest absolute Gasteiger partial charge is 0.376 e. The molecule has 0 fully saturated rings. The van der Waals surface area contributed by atoms with Gasteiger partial charge in [0, 0.05) is 17.3 Å². The van der Waals surface area contributed by atoms with E-state index in [0.717, 1.165) is 17.4 Å². The zero-order valence-electron chi connectivity index (χ0n) is 15.0. The highest BCUT2D eigenvalue weighted by molar-refractivity contribution is 7.99. The van der Waals surface area contributed by atoms with Gasteiger partial charge in [0.2, 0.25) is 0 Å². The van der Waals surface area contributed by atoms with Crippen LogP contribution in [-0.4, -0.2) is 31.8 Å². The largest absolute Gasteiger partial charge is 0.422 e. The number of aromatic nitrogens is 3. The molecule has 2 aromatic heterocycles. The number of alkyl halides is 3. The average molecular weight is 415 g/mol. The molecule has 0 spiro atoms. The molecular formula is C21H16F3N3OS. The van der Waals surface area contributed by atoms with Crippen LogP contribution in [0.4, 0.5) is 13.2 Å². The van der Waals surface area contributed by atoms with Crippen LogP contribution < -0.4 is 0 Å². The number of benzene rings is 2. The van der Waals surface area contributed by atoms with Gasteiger partial charge in [-0.1, -0.05) is 30.3 Å². The van der Waals surface area contributed by atoms with Crippen LogP contribution in [0.3, 0.4) is 0 Å². The topological polar surface area (TPSA) is 50.9 Å². The van der Waals surface area contributed by atoms with E-state index in [1.54, 1.807) is 28.9 Å². The van der Waals surface area contributed by atoms with Crippen molar-refractivity contribution in [3.8, 4) is 5.69 Å². The zero-order chi connectivity index (χ0) is 20.5. The number of nitrogens with zero attached hydrogens (tertiary/aromatic N) is 3. The quantitative estimate of drug-likeness (QED) is 0.468. The van der Waals surface area contributed by atoms with Crippen LogP contribution in [0.1, 0.15) is 5.56 Å². The Kier molecular flexibility index (Phi) is 5.06. The number of rotatable bonds is 5. The molecule has 1 unspecified atom stereocenters. The molecule has 29 heavy (non-hydrogen) atoms. The van der Waals surface area contributed by atoms with Gasteiger partial charge >= 0.3 is 6.18 Å². The summed E-state index contributed by atoms with van der Waals surface area (Å²) >= 11 is 0.855. The molecule has 0 amide bonds.